The molecule has 0 radical (unpaired) electrons. The number of benzene rings is 3. The molecule has 3 aromatic rings. The third-order valence-corrected chi connectivity index (χ3v) is 8.34. The molecule has 1 fully saturated rings. The molecule has 178 valence electrons. The molecule has 4 rings (SSSR count). The Morgan fingerprint density at radius 2 is 1.65 bits per heavy atom. The number of anilines is 1. The molecule has 1 saturated heterocycles. The van der Waals surface area contributed by atoms with Crippen LogP contribution in [0, 0.1) is 13.8 Å². The fraction of sp³-hybridized carbons (Fsp3) is 0.269. The summed E-state index contributed by atoms with van der Waals surface area (Å²) in [6, 6.07) is 19.9. The van der Waals surface area contributed by atoms with Gasteiger partial charge in [0.2, 0.25) is 10.0 Å². The molecule has 1 heterocycles. The van der Waals surface area contributed by atoms with E-state index in [2.05, 4.69) is 10.2 Å². The maximum Gasteiger partial charge on any atom is 0.255 e. The van der Waals surface area contributed by atoms with Crippen molar-refractivity contribution in [1.29, 1.82) is 0 Å². The summed E-state index contributed by atoms with van der Waals surface area (Å²) in [6.45, 7) is 6.62. The number of halogens is 1. The highest BCUT2D eigenvalue weighted by atomic mass is 35.5. The first-order valence-corrected chi connectivity index (χ1v) is 13.0. The zero-order valence-electron chi connectivity index (χ0n) is 19.3. The van der Waals surface area contributed by atoms with Crippen LogP contribution in [-0.2, 0) is 16.6 Å². The lowest BCUT2D eigenvalue weighted by Crippen LogP contribution is -2.48. The van der Waals surface area contributed by atoms with Crippen LogP contribution in [0.2, 0.25) is 5.02 Å². The standard InChI is InChI=1S/C26H28ClN3O3S/c1-19-6-10-24(11-7-19)34(32,33)30-14-12-29(13-15-30)18-21-4-3-5-22(16-21)26(31)28-23-9-8-20(2)25(27)17-23/h3-11,16-17H,12-15,18H2,1-2H3,(H,28,31). The molecule has 1 N–H and O–H groups in total. The average Bonchev–Trinajstić information content (AvgIpc) is 2.82. The molecule has 0 aromatic heterocycles. The van der Waals surface area contributed by atoms with Gasteiger partial charge in [0.1, 0.15) is 0 Å². The highest BCUT2D eigenvalue weighted by Crippen LogP contribution is 2.22. The molecule has 6 nitrogen and oxygen atoms in total. The second-order valence-electron chi connectivity index (χ2n) is 8.61. The van der Waals surface area contributed by atoms with Crippen molar-refractivity contribution in [3.05, 3.63) is 94.0 Å². The average molecular weight is 498 g/mol. The number of piperazine rings is 1. The van der Waals surface area contributed by atoms with E-state index in [1.165, 1.54) is 0 Å². The summed E-state index contributed by atoms with van der Waals surface area (Å²) >= 11 is 6.16. The molecule has 0 bridgehead atoms. The van der Waals surface area contributed by atoms with Crippen LogP contribution >= 0.6 is 11.6 Å². The van der Waals surface area contributed by atoms with Gasteiger partial charge in [-0.25, -0.2) is 8.42 Å². The number of carbonyl (C=O) groups is 1. The quantitative estimate of drug-likeness (QED) is 0.535. The van der Waals surface area contributed by atoms with Crippen molar-refractivity contribution in [2.45, 2.75) is 25.3 Å². The summed E-state index contributed by atoms with van der Waals surface area (Å²) in [4.78, 5) is 15.3. The Balaban J connectivity index is 1.36. The minimum atomic E-state index is -3.48. The van der Waals surface area contributed by atoms with Crippen LogP contribution in [0.25, 0.3) is 0 Å². The third kappa shape index (κ3) is 5.67. The first kappa shape index (κ1) is 24.4. The SMILES string of the molecule is Cc1ccc(S(=O)(=O)N2CCN(Cc3cccc(C(=O)Nc4ccc(C)c(Cl)c4)c3)CC2)cc1. The van der Waals surface area contributed by atoms with Crippen molar-refractivity contribution in [2.75, 3.05) is 31.5 Å². The molecule has 1 aliphatic heterocycles. The van der Waals surface area contributed by atoms with Crippen LogP contribution in [-0.4, -0.2) is 49.7 Å². The van der Waals surface area contributed by atoms with Crippen LogP contribution in [0.1, 0.15) is 27.0 Å². The number of amides is 1. The smallest absolute Gasteiger partial charge is 0.255 e. The van der Waals surface area contributed by atoms with E-state index in [4.69, 9.17) is 11.6 Å². The molecule has 1 aliphatic rings. The summed E-state index contributed by atoms with van der Waals surface area (Å²) in [5.41, 5.74) is 4.20. The minimum absolute atomic E-state index is 0.198. The van der Waals surface area contributed by atoms with Gasteiger partial charge in [-0.2, -0.15) is 4.31 Å². The van der Waals surface area contributed by atoms with Gasteiger partial charge in [-0.15, -0.1) is 0 Å². The van der Waals surface area contributed by atoms with Gasteiger partial charge in [-0.1, -0.05) is 47.5 Å². The van der Waals surface area contributed by atoms with Crippen molar-refractivity contribution in [3.63, 3.8) is 0 Å². The number of carbonyl (C=O) groups excluding carboxylic acids is 1. The van der Waals surface area contributed by atoms with E-state index in [9.17, 15) is 13.2 Å². The lowest BCUT2D eigenvalue weighted by atomic mass is 10.1. The van der Waals surface area contributed by atoms with Gasteiger partial charge in [0, 0.05) is 49.0 Å². The Morgan fingerprint density at radius 1 is 0.941 bits per heavy atom. The van der Waals surface area contributed by atoms with Gasteiger partial charge in [0.25, 0.3) is 5.91 Å². The maximum absolute atomic E-state index is 12.9. The minimum Gasteiger partial charge on any atom is -0.322 e. The molecular formula is C26H28ClN3O3S. The van der Waals surface area contributed by atoms with Crippen LogP contribution in [0.5, 0.6) is 0 Å². The van der Waals surface area contributed by atoms with Crippen LogP contribution in [0.15, 0.2) is 71.6 Å². The molecule has 0 saturated carbocycles. The van der Waals surface area contributed by atoms with Crippen LogP contribution in [0.4, 0.5) is 5.69 Å². The predicted octanol–water partition coefficient (Wildman–Crippen LogP) is 4.72. The Bertz CT molecular complexity index is 1280. The van der Waals surface area contributed by atoms with E-state index in [0.29, 0.717) is 53.9 Å². The Hall–Kier alpha value is -2.71. The predicted molar refractivity (Wildman–Crippen MR) is 136 cm³/mol. The number of hydrogen-bond donors (Lipinski definition) is 1. The fourth-order valence-electron chi connectivity index (χ4n) is 3.93. The van der Waals surface area contributed by atoms with E-state index >= 15 is 0 Å². The van der Waals surface area contributed by atoms with Crippen molar-refractivity contribution in [3.8, 4) is 0 Å². The monoisotopic (exact) mass is 497 g/mol. The molecule has 3 aromatic carbocycles. The topological polar surface area (TPSA) is 69.7 Å². The zero-order valence-corrected chi connectivity index (χ0v) is 20.9. The summed E-state index contributed by atoms with van der Waals surface area (Å²) < 4.78 is 27.4. The first-order chi connectivity index (χ1) is 16.2. The number of rotatable bonds is 6. The Kier molecular flexibility index (Phi) is 7.38. The Morgan fingerprint density at radius 3 is 2.32 bits per heavy atom. The first-order valence-electron chi connectivity index (χ1n) is 11.2. The summed E-state index contributed by atoms with van der Waals surface area (Å²) in [5.74, 6) is -0.198. The molecule has 0 spiro atoms. The highest BCUT2D eigenvalue weighted by Gasteiger charge is 2.28. The number of sulfonamides is 1. The van der Waals surface area contributed by atoms with E-state index in [1.54, 1.807) is 28.6 Å². The van der Waals surface area contributed by atoms with Gasteiger partial charge in [-0.05, 0) is 61.4 Å². The lowest BCUT2D eigenvalue weighted by Gasteiger charge is -2.34. The summed E-state index contributed by atoms with van der Waals surface area (Å²) in [6.07, 6.45) is 0. The highest BCUT2D eigenvalue weighted by molar-refractivity contribution is 7.89. The van der Waals surface area contributed by atoms with Gasteiger partial charge in [0.05, 0.1) is 4.90 Å². The molecule has 0 unspecified atom stereocenters. The van der Waals surface area contributed by atoms with Crippen molar-refractivity contribution in [1.82, 2.24) is 9.21 Å². The Labute approximate surface area is 206 Å². The fourth-order valence-corrected chi connectivity index (χ4v) is 5.53. The maximum atomic E-state index is 12.9. The van der Waals surface area contributed by atoms with E-state index in [1.807, 2.05) is 56.3 Å². The second-order valence-corrected chi connectivity index (χ2v) is 11.0. The van der Waals surface area contributed by atoms with Crippen molar-refractivity contribution in [2.24, 2.45) is 0 Å². The third-order valence-electron chi connectivity index (χ3n) is 6.02. The molecule has 34 heavy (non-hydrogen) atoms. The van der Waals surface area contributed by atoms with Crippen molar-refractivity contribution < 1.29 is 13.2 Å². The largest absolute Gasteiger partial charge is 0.322 e. The van der Waals surface area contributed by atoms with Crippen LogP contribution in [0.3, 0.4) is 0 Å². The number of aryl methyl sites for hydroxylation is 2. The molecule has 0 atom stereocenters. The molecule has 1 amide bonds. The number of hydrogen-bond acceptors (Lipinski definition) is 4. The van der Waals surface area contributed by atoms with Crippen molar-refractivity contribution >= 4 is 33.2 Å². The second kappa shape index (κ2) is 10.3. The van der Waals surface area contributed by atoms with Gasteiger partial charge in [0.15, 0.2) is 0 Å². The van der Waals surface area contributed by atoms with E-state index in [-0.39, 0.29) is 5.91 Å². The van der Waals surface area contributed by atoms with Crippen LogP contribution < -0.4 is 5.32 Å². The number of nitrogens with zero attached hydrogens (tertiary/aromatic N) is 2. The lowest BCUT2D eigenvalue weighted by molar-refractivity contribution is 0.102. The van der Waals surface area contributed by atoms with E-state index < -0.39 is 10.0 Å². The molecular weight excluding hydrogens is 470 g/mol. The normalized spacial score (nSPS) is 15.3. The number of nitrogens with one attached hydrogen (secondary N) is 1. The molecule has 8 heteroatoms. The summed E-state index contributed by atoms with van der Waals surface area (Å²) in [5, 5.41) is 3.49. The van der Waals surface area contributed by atoms with Gasteiger partial charge >= 0.3 is 0 Å². The molecule has 0 aliphatic carbocycles. The van der Waals surface area contributed by atoms with E-state index in [0.717, 1.165) is 16.7 Å². The zero-order chi connectivity index (χ0) is 24.3. The van der Waals surface area contributed by atoms with Gasteiger partial charge < -0.3 is 5.32 Å². The van der Waals surface area contributed by atoms with Gasteiger partial charge in [-0.3, -0.25) is 9.69 Å². The summed E-state index contributed by atoms with van der Waals surface area (Å²) in [7, 11) is -3.48.